The Labute approximate surface area is 147 Å². The Kier molecular flexibility index (Phi) is 5.91. The molecule has 0 bridgehead atoms. The lowest BCUT2D eigenvalue weighted by atomic mass is 10.1. The lowest BCUT2D eigenvalue weighted by Gasteiger charge is -2.17. The van der Waals surface area contributed by atoms with Crippen LogP contribution in [0.5, 0.6) is 0 Å². The number of benzene rings is 2. The summed E-state index contributed by atoms with van der Waals surface area (Å²) in [6.45, 7) is 0. The number of nitro benzene ring substituents is 1. The van der Waals surface area contributed by atoms with E-state index in [1.54, 1.807) is 30.3 Å². The fourth-order valence-corrected chi connectivity index (χ4v) is 2.37. The van der Waals surface area contributed by atoms with E-state index in [0.29, 0.717) is 0 Å². The molecule has 0 saturated carbocycles. The number of non-ortho nitro benzene ring substituents is 1. The first-order valence-corrected chi connectivity index (χ1v) is 7.53. The number of carboxylic acid groups (broad SMARTS) is 1. The first-order valence-electron chi connectivity index (χ1n) is 7.15. The molecule has 0 aliphatic heterocycles. The van der Waals surface area contributed by atoms with Gasteiger partial charge in [-0.25, -0.2) is 4.79 Å². The first-order chi connectivity index (χ1) is 11.9. The third kappa shape index (κ3) is 5.18. The molecule has 0 aliphatic carbocycles. The number of rotatable bonds is 6. The predicted molar refractivity (Wildman–Crippen MR) is 91.8 cm³/mol. The second kappa shape index (κ2) is 8.11. The number of hydrogen-bond donors (Lipinski definition) is 3. The maximum Gasteiger partial charge on any atom is 0.405 e. The van der Waals surface area contributed by atoms with E-state index in [1.165, 1.54) is 12.1 Å². The molecule has 3 N–H and O–H groups in total. The molecule has 2 rings (SSSR count). The van der Waals surface area contributed by atoms with Crippen LogP contribution in [0.4, 0.5) is 16.2 Å². The summed E-state index contributed by atoms with van der Waals surface area (Å²) in [6, 6.07) is 11.4. The van der Waals surface area contributed by atoms with Crippen molar-refractivity contribution >= 4 is 35.0 Å². The molecule has 8 nitrogen and oxygen atoms in total. The lowest BCUT2D eigenvalue weighted by molar-refractivity contribution is -0.384. The van der Waals surface area contributed by atoms with Gasteiger partial charge < -0.3 is 15.7 Å². The van der Waals surface area contributed by atoms with Crippen molar-refractivity contribution in [2.75, 3.05) is 5.32 Å². The number of nitrogens with one attached hydrogen (secondary N) is 2. The molecule has 25 heavy (non-hydrogen) atoms. The van der Waals surface area contributed by atoms with E-state index in [4.69, 9.17) is 16.7 Å². The molecule has 0 heterocycles. The molecule has 2 aromatic rings. The monoisotopic (exact) mass is 363 g/mol. The van der Waals surface area contributed by atoms with E-state index in [9.17, 15) is 19.7 Å². The van der Waals surface area contributed by atoms with Gasteiger partial charge in [0, 0.05) is 18.6 Å². The van der Waals surface area contributed by atoms with Crippen LogP contribution < -0.4 is 10.6 Å². The molecule has 9 heteroatoms. The Morgan fingerprint density at radius 2 is 1.88 bits per heavy atom. The van der Waals surface area contributed by atoms with Crippen LogP contribution in [0.25, 0.3) is 0 Å². The maximum atomic E-state index is 12.4. The largest absolute Gasteiger partial charge is 0.465 e. The number of nitrogens with zero attached hydrogens (tertiary/aromatic N) is 1. The minimum atomic E-state index is -1.34. The Hall–Kier alpha value is -3.13. The van der Waals surface area contributed by atoms with Crippen LogP contribution in [0.1, 0.15) is 5.56 Å². The zero-order chi connectivity index (χ0) is 18.4. The summed E-state index contributed by atoms with van der Waals surface area (Å²) < 4.78 is 0. The van der Waals surface area contributed by atoms with E-state index in [-0.39, 0.29) is 22.8 Å². The Balaban J connectivity index is 2.16. The molecule has 0 radical (unpaired) electrons. The van der Waals surface area contributed by atoms with Gasteiger partial charge in [0.05, 0.1) is 15.6 Å². The van der Waals surface area contributed by atoms with Crippen LogP contribution in [0.3, 0.4) is 0 Å². The first kappa shape index (κ1) is 18.2. The van der Waals surface area contributed by atoms with Crippen molar-refractivity contribution in [1.29, 1.82) is 0 Å². The summed E-state index contributed by atoms with van der Waals surface area (Å²) in [5.41, 5.74) is 0.709. The van der Waals surface area contributed by atoms with E-state index in [1.807, 2.05) is 0 Å². The normalized spacial score (nSPS) is 11.4. The Bertz CT molecular complexity index is 798. The van der Waals surface area contributed by atoms with Crippen LogP contribution in [0, 0.1) is 10.1 Å². The minimum absolute atomic E-state index is 0.0173. The summed E-state index contributed by atoms with van der Waals surface area (Å²) in [5.74, 6) is -0.623. The predicted octanol–water partition coefficient (Wildman–Crippen LogP) is 3.07. The zero-order valence-corrected chi connectivity index (χ0v) is 13.6. The highest BCUT2D eigenvalue weighted by atomic mass is 35.5. The Morgan fingerprint density at radius 1 is 1.20 bits per heavy atom. The van der Waals surface area contributed by atoms with Gasteiger partial charge in [0.25, 0.3) is 5.69 Å². The molecule has 1 atom stereocenters. The standard InChI is InChI=1S/C16H14ClN3O5/c17-12-9-11(20(24)25)6-7-13(12)18-15(21)14(19-16(22)23)8-10-4-2-1-3-5-10/h1-7,9,14,19H,8H2,(H,18,21)(H,22,23). The molecule has 2 amide bonds. The molecule has 0 saturated heterocycles. The average molecular weight is 364 g/mol. The van der Waals surface area contributed by atoms with Gasteiger partial charge in [-0.3, -0.25) is 14.9 Å². The second-order valence-electron chi connectivity index (χ2n) is 5.10. The number of hydrogen-bond acceptors (Lipinski definition) is 4. The molecule has 0 spiro atoms. The summed E-state index contributed by atoms with van der Waals surface area (Å²) in [4.78, 5) is 33.4. The van der Waals surface area contributed by atoms with Gasteiger partial charge in [0.1, 0.15) is 6.04 Å². The summed E-state index contributed by atoms with van der Waals surface area (Å²) in [6.07, 6.45) is -1.20. The third-order valence-electron chi connectivity index (χ3n) is 3.32. The maximum absolute atomic E-state index is 12.4. The number of amides is 2. The number of carbonyl (C=O) groups excluding carboxylic acids is 1. The molecular formula is C16H14ClN3O5. The van der Waals surface area contributed by atoms with Crippen LogP contribution >= 0.6 is 11.6 Å². The van der Waals surface area contributed by atoms with Crippen molar-refractivity contribution in [3.8, 4) is 0 Å². The topological polar surface area (TPSA) is 122 Å². The molecule has 0 aromatic heterocycles. The molecule has 1 unspecified atom stereocenters. The van der Waals surface area contributed by atoms with Crippen molar-refractivity contribution in [3.63, 3.8) is 0 Å². The minimum Gasteiger partial charge on any atom is -0.465 e. The lowest BCUT2D eigenvalue weighted by Crippen LogP contribution is -2.44. The zero-order valence-electron chi connectivity index (χ0n) is 12.8. The van der Waals surface area contributed by atoms with Crippen LogP contribution in [0.2, 0.25) is 5.02 Å². The van der Waals surface area contributed by atoms with Crippen molar-refractivity contribution in [3.05, 3.63) is 69.2 Å². The summed E-state index contributed by atoms with van der Waals surface area (Å²) in [7, 11) is 0. The van der Waals surface area contributed by atoms with Gasteiger partial charge in [-0.2, -0.15) is 0 Å². The van der Waals surface area contributed by atoms with E-state index >= 15 is 0 Å². The second-order valence-corrected chi connectivity index (χ2v) is 5.51. The Morgan fingerprint density at radius 3 is 2.44 bits per heavy atom. The van der Waals surface area contributed by atoms with Gasteiger partial charge in [-0.15, -0.1) is 0 Å². The molecular weight excluding hydrogens is 350 g/mol. The molecule has 130 valence electrons. The van der Waals surface area contributed by atoms with E-state index in [2.05, 4.69) is 10.6 Å². The van der Waals surface area contributed by atoms with Gasteiger partial charge >= 0.3 is 6.09 Å². The van der Waals surface area contributed by atoms with Crippen LogP contribution in [-0.4, -0.2) is 28.1 Å². The highest BCUT2D eigenvalue weighted by Crippen LogP contribution is 2.26. The molecule has 0 fully saturated rings. The summed E-state index contributed by atoms with van der Waals surface area (Å²) in [5, 5.41) is 24.3. The highest BCUT2D eigenvalue weighted by Gasteiger charge is 2.22. The number of nitro groups is 1. The van der Waals surface area contributed by atoms with Gasteiger partial charge in [-0.1, -0.05) is 41.9 Å². The highest BCUT2D eigenvalue weighted by molar-refractivity contribution is 6.34. The van der Waals surface area contributed by atoms with Crippen LogP contribution in [-0.2, 0) is 11.2 Å². The van der Waals surface area contributed by atoms with Crippen molar-refractivity contribution in [2.24, 2.45) is 0 Å². The number of halogens is 1. The van der Waals surface area contributed by atoms with Gasteiger partial charge in [0.15, 0.2) is 0 Å². The molecule has 2 aromatic carbocycles. The quantitative estimate of drug-likeness (QED) is 0.537. The molecule has 0 aliphatic rings. The van der Waals surface area contributed by atoms with Crippen LogP contribution in [0.15, 0.2) is 48.5 Å². The third-order valence-corrected chi connectivity index (χ3v) is 3.63. The fraction of sp³-hybridized carbons (Fsp3) is 0.125. The summed E-state index contributed by atoms with van der Waals surface area (Å²) >= 11 is 5.93. The van der Waals surface area contributed by atoms with Gasteiger partial charge in [0.2, 0.25) is 5.91 Å². The van der Waals surface area contributed by atoms with Gasteiger partial charge in [-0.05, 0) is 11.6 Å². The SMILES string of the molecule is O=C(O)NC(Cc1ccccc1)C(=O)Nc1ccc([N+](=O)[O-])cc1Cl. The number of carbonyl (C=O) groups is 2. The van der Waals surface area contributed by atoms with E-state index in [0.717, 1.165) is 11.6 Å². The van der Waals surface area contributed by atoms with Crippen molar-refractivity contribution in [1.82, 2.24) is 5.32 Å². The van der Waals surface area contributed by atoms with Crippen molar-refractivity contribution < 1.29 is 19.6 Å². The fourth-order valence-electron chi connectivity index (χ4n) is 2.15. The average Bonchev–Trinajstić information content (AvgIpc) is 2.56. The number of anilines is 1. The smallest absolute Gasteiger partial charge is 0.405 e. The van der Waals surface area contributed by atoms with E-state index < -0.39 is 23.0 Å². The van der Waals surface area contributed by atoms with Crippen molar-refractivity contribution in [2.45, 2.75) is 12.5 Å².